The number of anilines is 1. The summed E-state index contributed by atoms with van der Waals surface area (Å²) in [6.45, 7) is 0.0895. The number of aliphatic hydroxyl groups excluding tert-OH is 1. The molecule has 1 aromatic carbocycles. The number of nitrogens with one attached hydrogen (secondary N) is 2. The van der Waals surface area contributed by atoms with Crippen LogP contribution in [0.15, 0.2) is 53.1 Å². The third-order valence-electron chi connectivity index (χ3n) is 2.36. The van der Waals surface area contributed by atoms with Crippen LogP contribution in [-0.4, -0.2) is 17.7 Å². The molecule has 0 aliphatic rings. The van der Waals surface area contributed by atoms with Crippen molar-refractivity contribution < 1.29 is 14.3 Å². The van der Waals surface area contributed by atoms with Crippen LogP contribution in [-0.2, 0) is 0 Å². The molecular formula is C13H14N2O3. The van der Waals surface area contributed by atoms with E-state index in [0.29, 0.717) is 11.4 Å². The summed E-state index contributed by atoms with van der Waals surface area (Å²) in [5.74, 6) is 0.426. The van der Waals surface area contributed by atoms with Crippen molar-refractivity contribution in [3.8, 4) is 0 Å². The maximum atomic E-state index is 11.5. The molecule has 1 unspecified atom stereocenters. The van der Waals surface area contributed by atoms with Gasteiger partial charge in [-0.3, -0.25) is 0 Å². The fraction of sp³-hybridized carbons (Fsp3) is 0.154. The van der Waals surface area contributed by atoms with Crippen molar-refractivity contribution in [2.75, 3.05) is 11.9 Å². The maximum Gasteiger partial charge on any atom is 0.319 e. The molecule has 0 saturated heterocycles. The van der Waals surface area contributed by atoms with Crippen LogP contribution in [0.3, 0.4) is 0 Å². The molecule has 0 aliphatic heterocycles. The zero-order valence-corrected chi connectivity index (χ0v) is 9.67. The lowest BCUT2D eigenvalue weighted by Gasteiger charge is -2.10. The molecule has 18 heavy (non-hydrogen) atoms. The molecule has 5 heteroatoms. The highest BCUT2D eigenvalue weighted by Crippen LogP contribution is 2.11. The monoisotopic (exact) mass is 246 g/mol. The summed E-state index contributed by atoms with van der Waals surface area (Å²) in [5.41, 5.74) is 0.697. The number of benzene rings is 1. The molecule has 0 bridgehead atoms. The van der Waals surface area contributed by atoms with Crippen molar-refractivity contribution in [2.24, 2.45) is 0 Å². The van der Waals surface area contributed by atoms with E-state index in [2.05, 4.69) is 10.6 Å². The molecule has 1 aromatic heterocycles. The fourth-order valence-corrected chi connectivity index (χ4v) is 1.47. The number of hydrogen-bond donors (Lipinski definition) is 3. The van der Waals surface area contributed by atoms with Gasteiger partial charge in [-0.25, -0.2) is 4.79 Å². The normalized spacial score (nSPS) is 11.8. The van der Waals surface area contributed by atoms with Gasteiger partial charge in [-0.2, -0.15) is 0 Å². The Hall–Kier alpha value is -2.27. The molecule has 2 amide bonds. The predicted octanol–water partition coefficient (Wildman–Crippen LogP) is 2.13. The van der Waals surface area contributed by atoms with E-state index in [-0.39, 0.29) is 12.6 Å². The Kier molecular flexibility index (Phi) is 3.98. The van der Waals surface area contributed by atoms with Gasteiger partial charge in [-0.1, -0.05) is 18.2 Å². The Balaban J connectivity index is 1.79. The molecule has 2 rings (SSSR count). The SMILES string of the molecule is O=C(NCC(O)c1ccco1)Nc1ccccc1. The molecule has 0 radical (unpaired) electrons. The van der Waals surface area contributed by atoms with Crippen molar-refractivity contribution in [1.29, 1.82) is 0 Å². The van der Waals surface area contributed by atoms with Gasteiger partial charge in [-0.05, 0) is 24.3 Å². The van der Waals surface area contributed by atoms with E-state index in [9.17, 15) is 9.90 Å². The van der Waals surface area contributed by atoms with Crippen LogP contribution in [0.2, 0.25) is 0 Å². The van der Waals surface area contributed by atoms with Gasteiger partial charge >= 0.3 is 6.03 Å². The van der Waals surface area contributed by atoms with Gasteiger partial charge in [0.25, 0.3) is 0 Å². The summed E-state index contributed by atoms with van der Waals surface area (Å²) in [7, 11) is 0. The molecule has 94 valence electrons. The average Bonchev–Trinajstić information content (AvgIpc) is 2.91. The number of amides is 2. The lowest BCUT2D eigenvalue weighted by atomic mass is 10.3. The minimum absolute atomic E-state index is 0.0895. The summed E-state index contributed by atoms with van der Waals surface area (Å²) < 4.78 is 5.02. The zero-order valence-electron chi connectivity index (χ0n) is 9.67. The molecule has 5 nitrogen and oxygen atoms in total. The van der Waals surface area contributed by atoms with Gasteiger partial charge in [0.1, 0.15) is 11.9 Å². The standard InChI is InChI=1S/C13H14N2O3/c16-11(12-7-4-8-18-12)9-14-13(17)15-10-5-2-1-3-6-10/h1-8,11,16H,9H2,(H2,14,15,17). The molecule has 3 N–H and O–H groups in total. The molecular weight excluding hydrogens is 232 g/mol. The fourth-order valence-electron chi connectivity index (χ4n) is 1.47. The van der Waals surface area contributed by atoms with Gasteiger partial charge in [0.2, 0.25) is 0 Å². The van der Waals surface area contributed by atoms with E-state index in [0.717, 1.165) is 0 Å². The van der Waals surface area contributed by atoms with Gasteiger partial charge in [0.15, 0.2) is 0 Å². The van der Waals surface area contributed by atoms with Crippen molar-refractivity contribution in [1.82, 2.24) is 5.32 Å². The van der Waals surface area contributed by atoms with E-state index in [1.165, 1.54) is 6.26 Å². The Bertz CT molecular complexity index is 482. The first-order chi connectivity index (χ1) is 8.75. The Morgan fingerprint density at radius 3 is 2.67 bits per heavy atom. The highest BCUT2D eigenvalue weighted by atomic mass is 16.4. The van der Waals surface area contributed by atoms with Crippen molar-refractivity contribution in [3.63, 3.8) is 0 Å². The number of furan rings is 1. The van der Waals surface area contributed by atoms with Gasteiger partial charge in [0, 0.05) is 5.69 Å². The summed E-state index contributed by atoms with van der Waals surface area (Å²) in [6.07, 6.45) is 0.629. The molecule has 0 saturated carbocycles. The first kappa shape index (κ1) is 12.2. The van der Waals surface area contributed by atoms with E-state index >= 15 is 0 Å². The Morgan fingerprint density at radius 1 is 1.22 bits per heavy atom. The largest absolute Gasteiger partial charge is 0.467 e. The molecule has 0 spiro atoms. The number of aliphatic hydroxyl groups is 1. The van der Waals surface area contributed by atoms with E-state index in [4.69, 9.17) is 4.42 Å². The topological polar surface area (TPSA) is 74.5 Å². The number of carbonyl (C=O) groups is 1. The van der Waals surface area contributed by atoms with Crippen LogP contribution in [0.4, 0.5) is 10.5 Å². The van der Waals surface area contributed by atoms with Gasteiger partial charge < -0.3 is 20.2 Å². The third-order valence-corrected chi connectivity index (χ3v) is 2.36. The number of hydrogen-bond acceptors (Lipinski definition) is 3. The highest BCUT2D eigenvalue weighted by Gasteiger charge is 2.11. The summed E-state index contributed by atoms with van der Waals surface area (Å²) in [6, 6.07) is 12.0. The van der Waals surface area contributed by atoms with Crippen LogP contribution in [0.1, 0.15) is 11.9 Å². The lowest BCUT2D eigenvalue weighted by Crippen LogP contribution is -2.32. The number of carbonyl (C=O) groups excluding carboxylic acids is 1. The number of para-hydroxylation sites is 1. The second kappa shape index (κ2) is 5.88. The third kappa shape index (κ3) is 3.36. The number of rotatable bonds is 4. The van der Waals surface area contributed by atoms with Crippen LogP contribution in [0.25, 0.3) is 0 Å². The van der Waals surface area contributed by atoms with E-state index < -0.39 is 6.10 Å². The second-order valence-electron chi connectivity index (χ2n) is 3.73. The Labute approximate surface area is 104 Å². The summed E-state index contributed by atoms with van der Waals surface area (Å²) in [5, 5.41) is 14.9. The van der Waals surface area contributed by atoms with Crippen LogP contribution < -0.4 is 10.6 Å². The minimum Gasteiger partial charge on any atom is -0.467 e. The predicted molar refractivity (Wildman–Crippen MR) is 67.1 cm³/mol. The van der Waals surface area contributed by atoms with E-state index in [1.807, 2.05) is 18.2 Å². The first-order valence-corrected chi connectivity index (χ1v) is 5.57. The van der Waals surface area contributed by atoms with Crippen LogP contribution in [0.5, 0.6) is 0 Å². The molecule has 0 aliphatic carbocycles. The van der Waals surface area contributed by atoms with Crippen LogP contribution in [0, 0.1) is 0 Å². The van der Waals surface area contributed by atoms with Gasteiger partial charge in [-0.15, -0.1) is 0 Å². The summed E-state index contributed by atoms with van der Waals surface area (Å²) in [4.78, 5) is 11.5. The summed E-state index contributed by atoms with van der Waals surface area (Å²) >= 11 is 0. The molecule has 1 atom stereocenters. The lowest BCUT2D eigenvalue weighted by molar-refractivity contribution is 0.149. The zero-order chi connectivity index (χ0) is 12.8. The van der Waals surface area contributed by atoms with Crippen molar-refractivity contribution >= 4 is 11.7 Å². The number of urea groups is 1. The van der Waals surface area contributed by atoms with Gasteiger partial charge in [0.05, 0.1) is 12.8 Å². The maximum absolute atomic E-state index is 11.5. The Morgan fingerprint density at radius 2 is 2.00 bits per heavy atom. The first-order valence-electron chi connectivity index (χ1n) is 5.57. The minimum atomic E-state index is -0.846. The van der Waals surface area contributed by atoms with Crippen molar-refractivity contribution in [2.45, 2.75) is 6.10 Å². The quantitative estimate of drug-likeness (QED) is 0.773. The smallest absolute Gasteiger partial charge is 0.319 e. The highest BCUT2D eigenvalue weighted by molar-refractivity contribution is 5.89. The molecule has 1 heterocycles. The average molecular weight is 246 g/mol. The second-order valence-corrected chi connectivity index (χ2v) is 3.73. The van der Waals surface area contributed by atoms with Crippen LogP contribution >= 0.6 is 0 Å². The van der Waals surface area contributed by atoms with Crippen molar-refractivity contribution in [3.05, 3.63) is 54.5 Å². The molecule has 0 fully saturated rings. The van der Waals surface area contributed by atoms with E-state index in [1.54, 1.807) is 24.3 Å². The molecule has 2 aromatic rings.